The molecule has 2 rings (SSSR count). The van der Waals surface area contributed by atoms with Crippen LogP contribution in [0.5, 0.6) is 23.0 Å². The first-order chi connectivity index (χ1) is 13.4. The summed E-state index contributed by atoms with van der Waals surface area (Å²) in [6.07, 6.45) is 0. The lowest BCUT2D eigenvalue weighted by Crippen LogP contribution is -2.41. The molecule has 0 aromatic heterocycles. The fourth-order valence-corrected chi connectivity index (χ4v) is 2.24. The number of ether oxygens (including phenoxy) is 4. The third-order valence-electron chi connectivity index (χ3n) is 3.58. The van der Waals surface area contributed by atoms with Crippen LogP contribution in [0.2, 0.25) is 0 Å². The molecule has 2 amide bonds. The predicted molar refractivity (Wildman–Crippen MR) is 94.1 cm³/mol. The van der Waals surface area contributed by atoms with Crippen molar-refractivity contribution in [1.82, 2.24) is 10.9 Å². The molecule has 0 radical (unpaired) electrons. The number of nitrogens with one attached hydrogen (secondary N) is 2. The molecular formula is C18H18F2N2O6. The van der Waals surface area contributed by atoms with E-state index in [1.165, 1.54) is 51.7 Å². The molecule has 0 fully saturated rings. The van der Waals surface area contributed by atoms with Gasteiger partial charge in [-0.25, -0.2) is 0 Å². The van der Waals surface area contributed by atoms with Crippen LogP contribution < -0.4 is 29.8 Å². The van der Waals surface area contributed by atoms with E-state index in [9.17, 15) is 18.4 Å². The van der Waals surface area contributed by atoms with Crippen LogP contribution in [0, 0.1) is 0 Å². The molecule has 150 valence electrons. The van der Waals surface area contributed by atoms with E-state index in [2.05, 4.69) is 15.6 Å². The molecule has 0 aliphatic carbocycles. The Balaban J connectivity index is 2.08. The molecule has 0 aliphatic rings. The molecule has 0 heterocycles. The number of benzene rings is 2. The Morgan fingerprint density at radius 1 is 0.750 bits per heavy atom. The highest BCUT2D eigenvalue weighted by Crippen LogP contribution is 2.29. The number of amides is 2. The summed E-state index contributed by atoms with van der Waals surface area (Å²) >= 11 is 0. The molecule has 0 saturated carbocycles. The second kappa shape index (κ2) is 9.40. The number of halogens is 2. The maximum Gasteiger partial charge on any atom is 0.387 e. The van der Waals surface area contributed by atoms with Gasteiger partial charge in [0.25, 0.3) is 11.8 Å². The van der Waals surface area contributed by atoms with Gasteiger partial charge >= 0.3 is 6.61 Å². The maximum absolute atomic E-state index is 12.5. The van der Waals surface area contributed by atoms with Crippen molar-refractivity contribution in [3.63, 3.8) is 0 Å². The number of methoxy groups -OCH3 is 3. The molecular weight excluding hydrogens is 378 g/mol. The molecule has 0 bridgehead atoms. The molecule has 2 aromatic rings. The standard InChI is InChI=1S/C18H18F2N2O6/c1-25-12-6-4-10(8-14(12)27-3)16(23)21-22-17(24)11-5-7-13(26-2)15(9-11)28-18(19)20/h4-9,18H,1-3H3,(H,21,23)(H,22,24). The van der Waals surface area contributed by atoms with E-state index in [1.807, 2.05) is 0 Å². The lowest BCUT2D eigenvalue weighted by molar-refractivity contribution is -0.0512. The van der Waals surface area contributed by atoms with Gasteiger partial charge in [-0.1, -0.05) is 0 Å². The fraction of sp³-hybridized carbons (Fsp3) is 0.222. The molecule has 2 N–H and O–H groups in total. The van der Waals surface area contributed by atoms with Gasteiger partial charge in [-0.15, -0.1) is 0 Å². The molecule has 2 aromatic carbocycles. The molecule has 28 heavy (non-hydrogen) atoms. The van der Waals surface area contributed by atoms with Gasteiger partial charge in [-0.3, -0.25) is 20.4 Å². The fourth-order valence-electron chi connectivity index (χ4n) is 2.24. The zero-order chi connectivity index (χ0) is 20.7. The molecule has 8 nitrogen and oxygen atoms in total. The average molecular weight is 396 g/mol. The second-order valence-electron chi connectivity index (χ2n) is 5.22. The lowest BCUT2D eigenvalue weighted by Gasteiger charge is -2.12. The highest BCUT2D eigenvalue weighted by molar-refractivity contribution is 5.99. The minimum atomic E-state index is -3.09. The molecule has 0 atom stereocenters. The Kier molecular flexibility index (Phi) is 6.96. The Labute approximate surface area is 159 Å². The van der Waals surface area contributed by atoms with Crippen molar-refractivity contribution in [2.24, 2.45) is 0 Å². The third-order valence-corrected chi connectivity index (χ3v) is 3.58. The van der Waals surface area contributed by atoms with E-state index in [4.69, 9.17) is 14.2 Å². The number of hydrogen-bond acceptors (Lipinski definition) is 6. The number of hydrogen-bond donors (Lipinski definition) is 2. The lowest BCUT2D eigenvalue weighted by atomic mass is 10.2. The van der Waals surface area contributed by atoms with Crippen molar-refractivity contribution in [2.45, 2.75) is 6.61 Å². The van der Waals surface area contributed by atoms with Crippen LogP contribution in [-0.2, 0) is 0 Å². The Morgan fingerprint density at radius 3 is 1.61 bits per heavy atom. The van der Waals surface area contributed by atoms with Gasteiger partial charge in [0, 0.05) is 11.1 Å². The van der Waals surface area contributed by atoms with Crippen molar-refractivity contribution in [1.29, 1.82) is 0 Å². The zero-order valence-electron chi connectivity index (χ0n) is 15.2. The van der Waals surface area contributed by atoms with Gasteiger partial charge < -0.3 is 18.9 Å². The minimum Gasteiger partial charge on any atom is -0.493 e. The summed E-state index contributed by atoms with van der Waals surface area (Å²) in [4.78, 5) is 24.4. The molecule has 0 spiro atoms. The van der Waals surface area contributed by atoms with E-state index in [-0.39, 0.29) is 22.6 Å². The van der Waals surface area contributed by atoms with Crippen molar-refractivity contribution in [3.05, 3.63) is 47.5 Å². The number of hydrazine groups is 1. The third kappa shape index (κ3) is 5.00. The highest BCUT2D eigenvalue weighted by Gasteiger charge is 2.16. The monoisotopic (exact) mass is 396 g/mol. The van der Waals surface area contributed by atoms with Gasteiger partial charge in [-0.05, 0) is 36.4 Å². The minimum absolute atomic E-state index is 0.0240. The topological polar surface area (TPSA) is 95.1 Å². The normalized spacial score (nSPS) is 10.2. The largest absolute Gasteiger partial charge is 0.493 e. The second-order valence-corrected chi connectivity index (χ2v) is 5.22. The number of carbonyl (C=O) groups excluding carboxylic acids is 2. The van der Waals surface area contributed by atoms with Gasteiger partial charge in [0.15, 0.2) is 23.0 Å². The van der Waals surface area contributed by atoms with Crippen LogP contribution in [0.3, 0.4) is 0 Å². The number of rotatable bonds is 7. The predicted octanol–water partition coefficient (Wildman–Crippen LogP) is 2.39. The Morgan fingerprint density at radius 2 is 1.18 bits per heavy atom. The summed E-state index contributed by atoms with van der Waals surface area (Å²) in [7, 11) is 4.15. The van der Waals surface area contributed by atoms with Gasteiger partial charge in [0.05, 0.1) is 21.3 Å². The average Bonchev–Trinajstić information content (AvgIpc) is 2.70. The summed E-state index contributed by atoms with van der Waals surface area (Å²) in [6.45, 7) is -3.09. The smallest absolute Gasteiger partial charge is 0.387 e. The SMILES string of the molecule is COc1ccc(C(=O)NNC(=O)c2ccc(OC)c(OC(F)F)c2)cc1OC. The van der Waals surface area contributed by atoms with Crippen LogP contribution in [0.15, 0.2) is 36.4 Å². The van der Waals surface area contributed by atoms with Crippen molar-refractivity contribution in [3.8, 4) is 23.0 Å². The van der Waals surface area contributed by atoms with Crippen LogP contribution >= 0.6 is 0 Å². The molecule has 0 unspecified atom stereocenters. The zero-order valence-corrected chi connectivity index (χ0v) is 15.2. The van der Waals surface area contributed by atoms with Crippen molar-refractivity contribution in [2.75, 3.05) is 21.3 Å². The highest BCUT2D eigenvalue weighted by atomic mass is 19.3. The Bertz CT molecular complexity index is 860. The van der Waals surface area contributed by atoms with Crippen LogP contribution in [0.4, 0.5) is 8.78 Å². The van der Waals surface area contributed by atoms with E-state index in [1.54, 1.807) is 0 Å². The van der Waals surface area contributed by atoms with Gasteiger partial charge in [-0.2, -0.15) is 8.78 Å². The molecule has 0 aliphatic heterocycles. The van der Waals surface area contributed by atoms with Crippen LogP contribution in [-0.4, -0.2) is 39.8 Å². The summed E-state index contributed by atoms with van der Waals surface area (Å²) in [6, 6.07) is 8.14. The maximum atomic E-state index is 12.5. The van der Waals surface area contributed by atoms with E-state index < -0.39 is 18.4 Å². The quantitative estimate of drug-likeness (QED) is 0.698. The van der Waals surface area contributed by atoms with Crippen molar-refractivity contribution >= 4 is 11.8 Å². The van der Waals surface area contributed by atoms with Crippen LogP contribution in [0.1, 0.15) is 20.7 Å². The van der Waals surface area contributed by atoms with Crippen molar-refractivity contribution < 1.29 is 37.3 Å². The first kappa shape index (κ1) is 20.7. The van der Waals surface area contributed by atoms with Crippen LogP contribution in [0.25, 0.3) is 0 Å². The first-order valence-electron chi connectivity index (χ1n) is 7.85. The van der Waals surface area contributed by atoms with E-state index in [0.29, 0.717) is 11.5 Å². The number of carbonyl (C=O) groups is 2. The van der Waals surface area contributed by atoms with Gasteiger partial charge in [0.1, 0.15) is 0 Å². The van der Waals surface area contributed by atoms with E-state index >= 15 is 0 Å². The summed E-state index contributed by atoms with van der Waals surface area (Å²) in [5.41, 5.74) is 4.59. The summed E-state index contributed by atoms with van der Waals surface area (Å²) in [5, 5.41) is 0. The molecule has 10 heteroatoms. The molecule has 0 saturated heterocycles. The summed E-state index contributed by atoms with van der Waals surface area (Å²) in [5.74, 6) is -0.858. The van der Waals surface area contributed by atoms with E-state index in [0.717, 1.165) is 6.07 Å². The first-order valence-corrected chi connectivity index (χ1v) is 7.85. The summed E-state index contributed by atoms with van der Waals surface area (Å²) < 4.78 is 44.4. The Hall–Kier alpha value is -3.56. The van der Waals surface area contributed by atoms with Gasteiger partial charge in [0.2, 0.25) is 0 Å². The number of alkyl halides is 2.